The fourth-order valence-corrected chi connectivity index (χ4v) is 17.4. The largest absolute Gasteiger partial charge is 0.393 e. The van der Waals surface area contributed by atoms with Crippen molar-refractivity contribution in [1.29, 1.82) is 0 Å². The van der Waals surface area contributed by atoms with E-state index in [0.717, 1.165) is 116 Å². The summed E-state index contributed by atoms with van der Waals surface area (Å²) in [5.41, 5.74) is 17.4. The fraction of sp³-hybridized carbons (Fsp3) is 0.506. The van der Waals surface area contributed by atoms with Gasteiger partial charge in [-0.05, 0) is 185 Å². The smallest absolute Gasteiger partial charge is 0.105 e. The van der Waals surface area contributed by atoms with Crippen LogP contribution in [0.3, 0.4) is 0 Å². The van der Waals surface area contributed by atoms with Crippen LogP contribution >= 0.6 is 0 Å². The van der Waals surface area contributed by atoms with Crippen molar-refractivity contribution >= 4 is 0 Å². The third-order valence-electron chi connectivity index (χ3n) is 21.9. The van der Waals surface area contributed by atoms with Gasteiger partial charge in [0.25, 0.3) is 0 Å². The molecule has 8 saturated carbocycles. The molecule has 4 aromatic heterocycles. The first-order valence-electron chi connectivity index (χ1n) is 34.7. The van der Waals surface area contributed by atoms with Crippen molar-refractivity contribution in [2.45, 2.75) is 212 Å². The molecule has 4 heterocycles. The maximum Gasteiger partial charge on any atom is 0.105 e. The number of hydrogen-bond donors (Lipinski definition) is 2. The second-order valence-electron chi connectivity index (χ2n) is 29.8. The van der Waals surface area contributed by atoms with Crippen molar-refractivity contribution in [2.24, 2.45) is 47.3 Å². The molecule has 512 valence electrons. The second kappa shape index (κ2) is 35.2. The van der Waals surface area contributed by atoms with Crippen molar-refractivity contribution in [3.8, 4) is 45.0 Å². The number of benzene rings is 4. The molecular formula is C81H96Ir4N8O2-4. The predicted molar refractivity (Wildman–Crippen MR) is 363 cm³/mol. The van der Waals surface area contributed by atoms with Gasteiger partial charge in [0.15, 0.2) is 0 Å². The Kier molecular flexibility index (Phi) is 28.3. The molecule has 4 aromatic carbocycles. The molecule has 95 heavy (non-hydrogen) atoms. The molecule has 14 atom stereocenters. The summed E-state index contributed by atoms with van der Waals surface area (Å²) in [6.45, 7) is 16.4. The summed E-state index contributed by atoms with van der Waals surface area (Å²) in [5, 5.41) is 17.1. The Morgan fingerprint density at radius 2 is 0.937 bits per heavy atom. The Labute approximate surface area is 621 Å². The van der Waals surface area contributed by atoms with Gasteiger partial charge in [-0.1, -0.05) is 91.3 Å². The normalized spacial score (nSPS) is 25.7. The number of aliphatic hydroxyl groups is 2. The molecule has 8 bridgehead atoms. The summed E-state index contributed by atoms with van der Waals surface area (Å²) in [4.78, 5) is 35.8. The fourth-order valence-electron chi connectivity index (χ4n) is 17.4. The quantitative estimate of drug-likeness (QED) is 0.120. The second-order valence-corrected chi connectivity index (χ2v) is 29.8. The minimum absolute atomic E-state index is 0. The minimum Gasteiger partial charge on any atom is -0.393 e. The van der Waals surface area contributed by atoms with Crippen molar-refractivity contribution < 1.29 is 90.6 Å². The van der Waals surface area contributed by atoms with Crippen LogP contribution in [-0.4, -0.2) is 62.3 Å². The van der Waals surface area contributed by atoms with E-state index in [2.05, 4.69) is 172 Å². The average molecular weight is 1980 g/mol. The van der Waals surface area contributed by atoms with Gasteiger partial charge >= 0.3 is 0 Å². The summed E-state index contributed by atoms with van der Waals surface area (Å²) >= 11 is 0. The molecule has 14 unspecified atom stereocenters. The summed E-state index contributed by atoms with van der Waals surface area (Å²) in [6.07, 6.45) is 29.1. The third kappa shape index (κ3) is 19.2. The number of hydrogen-bond acceptors (Lipinski definition) is 10. The van der Waals surface area contributed by atoms with Gasteiger partial charge in [-0.25, -0.2) is 19.9 Å². The summed E-state index contributed by atoms with van der Waals surface area (Å²) < 4.78 is 0. The standard InChI is InChI=1S/C21H25N2.C20H23N2.C18H19N2.C17H17N2.C5H12O2.4Ir/c1-21(2,3)20-12-19(22-13-23-20)17-6-4-5-15(11-17)18-10-14-7-8-16(18)9-14;1-13(2)19-11-20(22-12-21-19)16-7-5-15(6-8-16)18-10-14-3-4-17(18)9-14;1-12-17(14-5-3-2-4-6-14)19-11-20-18(12)16-10-13-7-8-15(16)9-13;1-2-4-13(5-3-1)16-10-17(19-11-18-16)15-9-12-6-7-14(15)8-12;1-4(6)3-5(2)7;;;;/h4-5,11-14,16,18H,7-10H2,1-3H3;5-7,11-14,17-18H,3-4,9-10H2,1-2H3;2-5,11,13,15-16H,7-10H2,1H3;1-4,10-12,14-15H,6-9H2;4-7H,3H2,1-2H3;;;;/q4*-1;;;;;. The van der Waals surface area contributed by atoms with Crippen LogP contribution < -0.4 is 0 Å². The first-order chi connectivity index (χ1) is 44.1. The first-order valence-corrected chi connectivity index (χ1v) is 34.7. The molecule has 8 aliphatic carbocycles. The molecule has 10 nitrogen and oxygen atoms in total. The number of fused-ring (bicyclic) bond motifs is 8. The van der Waals surface area contributed by atoms with Crippen LogP contribution in [-0.2, 0) is 85.8 Å². The Hall–Kier alpha value is -4.28. The average Bonchev–Trinajstić information content (AvgIpc) is 1.72. The topological polar surface area (TPSA) is 144 Å². The van der Waals surface area contributed by atoms with Gasteiger partial charge in [-0.3, -0.25) is 19.9 Å². The van der Waals surface area contributed by atoms with E-state index in [1.165, 1.54) is 131 Å². The van der Waals surface area contributed by atoms with E-state index >= 15 is 0 Å². The summed E-state index contributed by atoms with van der Waals surface area (Å²) in [5.74, 6) is 10.7. The first kappa shape index (κ1) is 76.5. The molecule has 8 aromatic rings. The zero-order valence-corrected chi connectivity index (χ0v) is 66.2. The van der Waals surface area contributed by atoms with Crippen LogP contribution in [0.2, 0.25) is 0 Å². The minimum atomic E-state index is -0.375. The molecule has 8 aliphatic rings. The molecule has 0 aliphatic heterocycles. The molecule has 8 fully saturated rings. The van der Waals surface area contributed by atoms with Gasteiger partial charge in [0, 0.05) is 120 Å². The predicted octanol–water partition coefficient (Wildman–Crippen LogP) is 18.2. The van der Waals surface area contributed by atoms with E-state index in [4.69, 9.17) is 10.2 Å². The van der Waals surface area contributed by atoms with E-state index in [0.29, 0.717) is 24.2 Å². The van der Waals surface area contributed by atoms with E-state index in [-0.39, 0.29) is 98.0 Å². The van der Waals surface area contributed by atoms with Crippen molar-refractivity contribution in [3.05, 3.63) is 192 Å². The van der Waals surface area contributed by atoms with Crippen LogP contribution in [0, 0.1) is 78.5 Å². The Balaban J connectivity index is 0.000000155. The number of rotatable bonds is 11. The van der Waals surface area contributed by atoms with Gasteiger partial charge < -0.3 is 10.2 Å². The Morgan fingerprint density at radius 1 is 0.442 bits per heavy atom. The van der Waals surface area contributed by atoms with Gasteiger partial charge in [0.05, 0.1) is 12.2 Å². The van der Waals surface area contributed by atoms with Gasteiger partial charge in [-0.2, -0.15) is 0 Å². The van der Waals surface area contributed by atoms with E-state index in [1.807, 2.05) is 36.4 Å². The van der Waals surface area contributed by atoms with Crippen molar-refractivity contribution in [2.75, 3.05) is 0 Å². The van der Waals surface area contributed by atoms with Gasteiger partial charge in [0.2, 0.25) is 0 Å². The molecule has 0 saturated heterocycles. The molecule has 14 heteroatoms. The van der Waals surface area contributed by atoms with Crippen LogP contribution in [0.4, 0.5) is 0 Å². The maximum absolute atomic E-state index is 8.56. The van der Waals surface area contributed by atoms with Crippen molar-refractivity contribution in [3.63, 3.8) is 0 Å². The SMILES string of the molecule is CC(C)(C)c1cc(-c2[c-]ccc(C3CC4CCC3C4)c2)ncn1.CC(C)c1cc(-c2[c-]cc(C3CC4CCC3C4)cc2)ncn1.CC(O)CC(C)O.Cc1c(-c2[c-]cccc2)ncnc1C1CC2CCC1C2.[Ir].[Ir].[Ir].[Ir].[c-]1ccccc1-c1cc(C2CC3CCC2C3)ncn1. The summed E-state index contributed by atoms with van der Waals surface area (Å²) in [6, 6.07) is 49.2. The molecule has 16 rings (SSSR count). The van der Waals surface area contributed by atoms with Crippen LogP contribution in [0.5, 0.6) is 0 Å². The number of nitrogens with zero attached hydrogens (tertiary/aromatic N) is 8. The van der Waals surface area contributed by atoms with E-state index < -0.39 is 0 Å². The van der Waals surface area contributed by atoms with Gasteiger partial charge in [-0.15, -0.1) is 143 Å². The monoisotopic (exact) mass is 1980 g/mol. The van der Waals surface area contributed by atoms with Crippen LogP contribution in [0.15, 0.2) is 128 Å². The molecular weight excluding hydrogens is 1890 g/mol. The van der Waals surface area contributed by atoms with Crippen LogP contribution in [0.1, 0.15) is 227 Å². The van der Waals surface area contributed by atoms with Crippen molar-refractivity contribution in [1.82, 2.24) is 39.9 Å². The molecule has 2 N–H and O–H groups in total. The molecule has 4 radical (unpaired) electrons. The zero-order valence-electron chi connectivity index (χ0n) is 56.6. The molecule has 0 spiro atoms. The maximum atomic E-state index is 8.56. The van der Waals surface area contributed by atoms with E-state index in [9.17, 15) is 0 Å². The Bertz CT molecular complexity index is 3660. The zero-order chi connectivity index (χ0) is 63.2. The Morgan fingerprint density at radius 3 is 1.43 bits per heavy atom. The summed E-state index contributed by atoms with van der Waals surface area (Å²) in [7, 11) is 0. The van der Waals surface area contributed by atoms with Crippen LogP contribution in [0.25, 0.3) is 45.0 Å². The third-order valence-corrected chi connectivity index (χ3v) is 21.9. The van der Waals surface area contributed by atoms with E-state index in [1.54, 1.807) is 39.2 Å². The number of aromatic nitrogens is 8. The van der Waals surface area contributed by atoms with Gasteiger partial charge in [0.1, 0.15) is 25.3 Å². The molecule has 0 amide bonds. The number of aliphatic hydroxyl groups excluding tert-OH is 2.